The van der Waals surface area contributed by atoms with Crippen LogP contribution in [-0.2, 0) is 22.4 Å². The maximum atomic E-state index is 12.7. The molecule has 1 N–H and O–H groups in total. The molecule has 2 heterocycles. The first kappa shape index (κ1) is 19.0. The minimum Gasteiger partial charge on any atom is -0.496 e. The summed E-state index contributed by atoms with van der Waals surface area (Å²) < 4.78 is 5.44. The van der Waals surface area contributed by atoms with Gasteiger partial charge in [-0.1, -0.05) is 6.07 Å². The topological polar surface area (TPSA) is 65.6 Å². The van der Waals surface area contributed by atoms with Crippen molar-refractivity contribution in [3.05, 3.63) is 52.8 Å². The largest absolute Gasteiger partial charge is 0.496 e. The van der Waals surface area contributed by atoms with E-state index in [1.54, 1.807) is 7.11 Å². The van der Waals surface area contributed by atoms with Crippen LogP contribution in [0.3, 0.4) is 0 Å². The second-order valence-electron chi connectivity index (χ2n) is 7.06. The van der Waals surface area contributed by atoms with E-state index in [4.69, 9.17) is 4.74 Å². The molecule has 2 aromatic rings. The zero-order valence-corrected chi connectivity index (χ0v) is 16.2. The highest BCUT2D eigenvalue weighted by Gasteiger charge is 2.25. The molecule has 6 heteroatoms. The SMILES string of the molecule is COc1cc(C)c(C)cc1CC(=O)N1CCN(C(=O)Cc2ccc[nH]2)CC1. The number of ether oxygens (including phenoxy) is 1. The number of amides is 2. The molecule has 27 heavy (non-hydrogen) atoms. The molecule has 1 aromatic heterocycles. The fraction of sp³-hybridized carbons (Fsp3) is 0.429. The van der Waals surface area contributed by atoms with Crippen LogP contribution in [0.2, 0.25) is 0 Å². The van der Waals surface area contributed by atoms with Crippen molar-refractivity contribution in [2.24, 2.45) is 0 Å². The van der Waals surface area contributed by atoms with Crippen LogP contribution in [0.4, 0.5) is 0 Å². The molecule has 0 spiro atoms. The van der Waals surface area contributed by atoms with Crippen molar-refractivity contribution < 1.29 is 14.3 Å². The third-order valence-corrected chi connectivity index (χ3v) is 5.23. The molecule has 2 amide bonds. The van der Waals surface area contributed by atoms with E-state index in [0.29, 0.717) is 39.0 Å². The molecule has 0 atom stereocenters. The molecule has 1 aromatic carbocycles. The number of aryl methyl sites for hydroxylation is 2. The lowest BCUT2D eigenvalue weighted by Gasteiger charge is -2.35. The number of rotatable bonds is 5. The average molecular weight is 369 g/mol. The van der Waals surface area contributed by atoms with Crippen LogP contribution >= 0.6 is 0 Å². The highest BCUT2D eigenvalue weighted by molar-refractivity contribution is 5.81. The Morgan fingerprint density at radius 2 is 1.59 bits per heavy atom. The summed E-state index contributed by atoms with van der Waals surface area (Å²) >= 11 is 0. The lowest BCUT2D eigenvalue weighted by Crippen LogP contribution is -2.51. The number of hydrogen-bond donors (Lipinski definition) is 1. The number of H-pyrrole nitrogens is 1. The molecule has 144 valence electrons. The van der Waals surface area contributed by atoms with Gasteiger partial charge in [-0.15, -0.1) is 0 Å². The number of nitrogens with zero attached hydrogens (tertiary/aromatic N) is 2. The lowest BCUT2D eigenvalue weighted by molar-refractivity contribution is -0.138. The van der Waals surface area contributed by atoms with Gasteiger partial charge >= 0.3 is 0 Å². The summed E-state index contributed by atoms with van der Waals surface area (Å²) in [5.41, 5.74) is 4.13. The van der Waals surface area contributed by atoms with E-state index >= 15 is 0 Å². The van der Waals surface area contributed by atoms with Gasteiger partial charge in [-0.05, 0) is 43.2 Å². The smallest absolute Gasteiger partial charge is 0.228 e. The van der Waals surface area contributed by atoms with Crippen LogP contribution in [-0.4, -0.2) is 59.9 Å². The molecule has 1 fully saturated rings. The third kappa shape index (κ3) is 4.51. The molecule has 3 rings (SSSR count). The minimum absolute atomic E-state index is 0.0769. The van der Waals surface area contributed by atoms with Crippen LogP contribution in [0.1, 0.15) is 22.4 Å². The van der Waals surface area contributed by atoms with Crippen LogP contribution < -0.4 is 4.74 Å². The number of hydrogen-bond acceptors (Lipinski definition) is 3. The summed E-state index contributed by atoms with van der Waals surface area (Å²) in [6, 6.07) is 7.81. The fourth-order valence-corrected chi connectivity index (χ4v) is 3.41. The first-order chi connectivity index (χ1) is 13.0. The van der Waals surface area contributed by atoms with Crippen molar-refractivity contribution in [3.63, 3.8) is 0 Å². The summed E-state index contributed by atoms with van der Waals surface area (Å²) in [5.74, 6) is 0.930. The standard InChI is InChI=1S/C21H27N3O3/c1-15-11-17(19(27-3)12-16(15)2)13-20(25)23-7-9-24(10-8-23)21(26)14-18-5-4-6-22-18/h4-6,11-12,22H,7-10,13-14H2,1-3H3. The number of carbonyl (C=O) groups excluding carboxylic acids is 2. The quantitative estimate of drug-likeness (QED) is 0.878. The second-order valence-corrected chi connectivity index (χ2v) is 7.06. The molecule has 0 radical (unpaired) electrons. The number of aromatic nitrogens is 1. The molecule has 1 saturated heterocycles. The highest BCUT2D eigenvalue weighted by atomic mass is 16.5. The van der Waals surface area contributed by atoms with E-state index in [2.05, 4.69) is 4.98 Å². The lowest BCUT2D eigenvalue weighted by atomic mass is 10.0. The Balaban J connectivity index is 1.56. The number of carbonyl (C=O) groups is 2. The van der Waals surface area contributed by atoms with E-state index in [-0.39, 0.29) is 11.8 Å². The monoisotopic (exact) mass is 369 g/mol. The molecule has 1 aliphatic rings. The molecule has 1 aliphatic heterocycles. The van der Waals surface area contributed by atoms with Gasteiger partial charge in [-0.3, -0.25) is 9.59 Å². The summed E-state index contributed by atoms with van der Waals surface area (Å²) in [5, 5.41) is 0. The Kier molecular flexibility index (Phi) is 5.84. The van der Waals surface area contributed by atoms with Gasteiger partial charge in [0.1, 0.15) is 5.75 Å². The molecule has 0 saturated carbocycles. The summed E-state index contributed by atoms with van der Waals surface area (Å²) in [7, 11) is 1.63. The van der Waals surface area contributed by atoms with E-state index in [1.807, 2.05) is 54.1 Å². The van der Waals surface area contributed by atoms with Gasteiger partial charge in [0.05, 0.1) is 20.0 Å². The van der Waals surface area contributed by atoms with E-state index < -0.39 is 0 Å². The Bertz CT molecular complexity index is 806. The number of nitrogens with one attached hydrogen (secondary N) is 1. The normalized spacial score (nSPS) is 14.3. The van der Waals surface area contributed by atoms with Gasteiger partial charge < -0.3 is 19.5 Å². The molecule has 0 aliphatic carbocycles. The van der Waals surface area contributed by atoms with Gasteiger partial charge in [0.2, 0.25) is 11.8 Å². The van der Waals surface area contributed by atoms with Gasteiger partial charge in [0.25, 0.3) is 0 Å². The van der Waals surface area contributed by atoms with Gasteiger partial charge in [0.15, 0.2) is 0 Å². The zero-order chi connectivity index (χ0) is 19.4. The number of piperazine rings is 1. The van der Waals surface area contributed by atoms with E-state index in [1.165, 1.54) is 0 Å². The fourth-order valence-electron chi connectivity index (χ4n) is 3.41. The Morgan fingerprint density at radius 3 is 2.15 bits per heavy atom. The van der Waals surface area contributed by atoms with Crippen LogP contribution in [0, 0.1) is 13.8 Å². The van der Waals surface area contributed by atoms with E-state index in [9.17, 15) is 9.59 Å². The predicted molar refractivity (Wildman–Crippen MR) is 104 cm³/mol. The molecular formula is C21H27N3O3. The Labute approximate surface area is 160 Å². The third-order valence-electron chi connectivity index (χ3n) is 5.23. The second kappa shape index (κ2) is 8.29. The molecule has 6 nitrogen and oxygen atoms in total. The minimum atomic E-state index is 0.0769. The maximum Gasteiger partial charge on any atom is 0.228 e. The van der Waals surface area contributed by atoms with Crippen molar-refractivity contribution >= 4 is 11.8 Å². The number of aromatic amines is 1. The first-order valence-electron chi connectivity index (χ1n) is 9.30. The van der Waals surface area contributed by atoms with Crippen LogP contribution in [0.15, 0.2) is 30.5 Å². The predicted octanol–water partition coefficient (Wildman–Crippen LogP) is 2.10. The summed E-state index contributed by atoms with van der Waals surface area (Å²) in [6.45, 7) is 6.37. The van der Waals surface area contributed by atoms with Crippen molar-refractivity contribution in [1.82, 2.24) is 14.8 Å². The van der Waals surface area contributed by atoms with Gasteiger partial charge in [-0.25, -0.2) is 0 Å². The zero-order valence-electron chi connectivity index (χ0n) is 16.2. The average Bonchev–Trinajstić information content (AvgIpc) is 3.17. The highest BCUT2D eigenvalue weighted by Crippen LogP contribution is 2.24. The first-order valence-corrected chi connectivity index (χ1v) is 9.30. The van der Waals surface area contributed by atoms with Gasteiger partial charge in [-0.2, -0.15) is 0 Å². The molecule has 0 bridgehead atoms. The number of benzene rings is 1. The van der Waals surface area contributed by atoms with Crippen molar-refractivity contribution in [2.45, 2.75) is 26.7 Å². The molecular weight excluding hydrogens is 342 g/mol. The van der Waals surface area contributed by atoms with Crippen LogP contribution in [0.5, 0.6) is 5.75 Å². The summed E-state index contributed by atoms with van der Waals surface area (Å²) in [4.78, 5) is 31.8. The van der Waals surface area contributed by atoms with Crippen molar-refractivity contribution in [3.8, 4) is 5.75 Å². The van der Waals surface area contributed by atoms with Crippen molar-refractivity contribution in [2.75, 3.05) is 33.3 Å². The summed E-state index contributed by atoms with van der Waals surface area (Å²) in [6.07, 6.45) is 2.52. The number of methoxy groups -OCH3 is 1. The molecule has 0 unspecified atom stereocenters. The Hall–Kier alpha value is -2.76. The Morgan fingerprint density at radius 1 is 1.00 bits per heavy atom. The maximum absolute atomic E-state index is 12.7. The van der Waals surface area contributed by atoms with Crippen molar-refractivity contribution in [1.29, 1.82) is 0 Å². The van der Waals surface area contributed by atoms with E-state index in [0.717, 1.165) is 28.1 Å². The van der Waals surface area contributed by atoms with Crippen LogP contribution in [0.25, 0.3) is 0 Å². The van der Waals surface area contributed by atoms with Gasteiger partial charge in [0, 0.05) is 43.6 Å².